The molecule has 2 aromatic rings. The minimum atomic E-state index is -2.91. The van der Waals surface area contributed by atoms with Crippen LogP contribution in [-0.4, -0.2) is 30.2 Å². The Bertz CT molecular complexity index is 874. The van der Waals surface area contributed by atoms with Crippen molar-refractivity contribution in [1.29, 1.82) is 0 Å². The summed E-state index contributed by atoms with van der Waals surface area (Å²) in [5, 5.41) is 0. The Morgan fingerprint density at radius 2 is 2.11 bits per heavy atom. The Balaban J connectivity index is 2.07. The molecule has 1 aromatic heterocycles. The van der Waals surface area contributed by atoms with Gasteiger partial charge in [0.1, 0.15) is 17.6 Å². The van der Waals surface area contributed by atoms with Gasteiger partial charge in [-0.2, -0.15) is 8.78 Å². The molecule has 27 heavy (non-hydrogen) atoms. The van der Waals surface area contributed by atoms with Gasteiger partial charge in [0.25, 0.3) is 5.91 Å². The van der Waals surface area contributed by atoms with E-state index in [1.54, 1.807) is 19.1 Å². The summed E-state index contributed by atoms with van der Waals surface area (Å²) in [5.41, 5.74) is 7.35. The average Bonchev–Trinajstić information content (AvgIpc) is 2.59. The highest BCUT2D eigenvalue weighted by molar-refractivity contribution is 5.93. The van der Waals surface area contributed by atoms with E-state index in [2.05, 4.69) is 9.72 Å². The van der Waals surface area contributed by atoms with Gasteiger partial charge in [-0.1, -0.05) is 19.1 Å². The lowest BCUT2D eigenvalue weighted by molar-refractivity contribution is -0.150. The molecular formula is C19H19F3N2O3. The molecule has 3 rings (SSSR count). The predicted octanol–water partition coefficient (Wildman–Crippen LogP) is 3.47. The van der Waals surface area contributed by atoms with Crippen LogP contribution in [0.5, 0.6) is 5.88 Å². The summed E-state index contributed by atoms with van der Waals surface area (Å²) in [5.74, 6) is -1.34. The monoisotopic (exact) mass is 380 g/mol. The molecular weight excluding hydrogens is 361 g/mol. The fourth-order valence-corrected chi connectivity index (χ4v) is 3.13. The summed E-state index contributed by atoms with van der Waals surface area (Å²) in [6.45, 7) is 0.348. The first kappa shape index (κ1) is 19.2. The quantitative estimate of drug-likeness (QED) is 0.862. The minimum absolute atomic E-state index is 0.0854. The number of fused-ring (bicyclic) bond motifs is 1. The second-order valence-electron chi connectivity index (χ2n) is 6.62. The molecule has 0 unspecified atom stereocenters. The van der Waals surface area contributed by atoms with Crippen LogP contribution < -0.4 is 10.5 Å². The Morgan fingerprint density at radius 1 is 1.37 bits per heavy atom. The third-order valence-electron chi connectivity index (χ3n) is 4.56. The Hall–Kier alpha value is -2.61. The van der Waals surface area contributed by atoms with Crippen LogP contribution in [0.4, 0.5) is 13.2 Å². The number of primary amides is 1. The van der Waals surface area contributed by atoms with Crippen LogP contribution in [0.15, 0.2) is 24.3 Å². The van der Waals surface area contributed by atoms with Crippen LogP contribution in [0.3, 0.4) is 0 Å². The van der Waals surface area contributed by atoms with E-state index in [4.69, 9.17) is 10.5 Å². The van der Waals surface area contributed by atoms with Crippen LogP contribution in [0, 0.1) is 18.7 Å². The third kappa shape index (κ3) is 4.05. The lowest BCUT2D eigenvalue weighted by Gasteiger charge is -2.32. The third-order valence-corrected chi connectivity index (χ3v) is 4.56. The van der Waals surface area contributed by atoms with Crippen molar-refractivity contribution in [3.63, 3.8) is 0 Å². The second-order valence-corrected chi connectivity index (χ2v) is 6.62. The SMILES string of the molecule is Cc1ccc(-c2cc(C(N)=O)nc3c2C[C@H](C)[C@@H](COC(F)F)O3)c(F)c1. The number of nitrogens with zero attached hydrogens (tertiary/aromatic N) is 1. The minimum Gasteiger partial charge on any atom is -0.471 e. The molecule has 1 aliphatic rings. The molecule has 144 valence electrons. The molecule has 1 aliphatic heterocycles. The van der Waals surface area contributed by atoms with Crippen molar-refractivity contribution in [2.45, 2.75) is 33.0 Å². The molecule has 0 fully saturated rings. The Labute approximate surface area is 154 Å². The summed E-state index contributed by atoms with van der Waals surface area (Å²) in [6.07, 6.45) is -0.265. The smallest absolute Gasteiger partial charge is 0.345 e. The van der Waals surface area contributed by atoms with Gasteiger partial charge in [-0.15, -0.1) is 0 Å². The predicted molar refractivity (Wildman–Crippen MR) is 92.1 cm³/mol. The van der Waals surface area contributed by atoms with Gasteiger partial charge >= 0.3 is 6.61 Å². The van der Waals surface area contributed by atoms with Gasteiger partial charge in [-0.05, 0) is 42.5 Å². The zero-order valence-electron chi connectivity index (χ0n) is 14.8. The first-order chi connectivity index (χ1) is 12.8. The van der Waals surface area contributed by atoms with E-state index in [0.717, 1.165) is 5.56 Å². The van der Waals surface area contributed by atoms with Crippen molar-refractivity contribution in [3.05, 3.63) is 46.9 Å². The lowest BCUT2D eigenvalue weighted by atomic mass is 9.88. The number of amides is 1. The molecule has 2 N–H and O–H groups in total. The molecule has 0 bridgehead atoms. The standard InChI is InChI=1S/C19H19F3N2O3/c1-9-3-4-11(14(20)5-9)12-7-15(17(23)25)24-18-13(12)6-10(2)16(27-18)8-26-19(21)22/h3-5,7,10,16,19H,6,8H2,1-2H3,(H2,23,25)/t10-,16+/m0/s1. The van der Waals surface area contributed by atoms with E-state index in [-0.39, 0.29) is 24.1 Å². The van der Waals surface area contributed by atoms with Crippen molar-refractivity contribution < 1.29 is 27.4 Å². The maximum absolute atomic E-state index is 14.5. The van der Waals surface area contributed by atoms with Gasteiger partial charge in [0, 0.05) is 11.1 Å². The number of carbonyl (C=O) groups excluding carboxylic acids is 1. The molecule has 5 nitrogen and oxygen atoms in total. The molecule has 0 spiro atoms. The zero-order valence-corrected chi connectivity index (χ0v) is 14.8. The van der Waals surface area contributed by atoms with E-state index in [1.807, 2.05) is 6.92 Å². The number of benzene rings is 1. The first-order valence-electron chi connectivity index (χ1n) is 8.43. The van der Waals surface area contributed by atoms with Crippen LogP contribution >= 0.6 is 0 Å². The number of hydrogen-bond donors (Lipinski definition) is 1. The van der Waals surface area contributed by atoms with Gasteiger partial charge in [0.05, 0.1) is 6.61 Å². The van der Waals surface area contributed by atoms with Crippen LogP contribution in [0.2, 0.25) is 0 Å². The molecule has 0 radical (unpaired) electrons. The number of aromatic nitrogens is 1. The number of aryl methyl sites for hydroxylation is 1. The molecule has 1 amide bonds. The number of alkyl halides is 2. The zero-order chi connectivity index (χ0) is 19.7. The Morgan fingerprint density at radius 3 is 2.74 bits per heavy atom. The molecule has 0 saturated heterocycles. The Kier molecular flexibility index (Phi) is 5.36. The molecule has 0 saturated carbocycles. The van der Waals surface area contributed by atoms with Crippen molar-refractivity contribution in [2.24, 2.45) is 11.7 Å². The number of ether oxygens (including phenoxy) is 2. The maximum Gasteiger partial charge on any atom is 0.345 e. The summed E-state index contributed by atoms with van der Waals surface area (Å²) in [4.78, 5) is 15.8. The molecule has 8 heteroatoms. The van der Waals surface area contributed by atoms with E-state index in [1.165, 1.54) is 12.1 Å². The summed E-state index contributed by atoms with van der Waals surface area (Å²) < 4.78 is 49.3. The van der Waals surface area contributed by atoms with Crippen LogP contribution in [-0.2, 0) is 11.2 Å². The fourth-order valence-electron chi connectivity index (χ4n) is 3.13. The molecule has 1 aromatic carbocycles. The number of nitrogens with two attached hydrogens (primary N) is 1. The van der Waals surface area contributed by atoms with E-state index in [9.17, 15) is 18.0 Å². The van der Waals surface area contributed by atoms with Gasteiger partial charge in [-0.25, -0.2) is 9.37 Å². The first-order valence-corrected chi connectivity index (χ1v) is 8.43. The summed E-state index contributed by atoms with van der Waals surface area (Å²) in [7, 11) is 0. The van der Waals surface area contributed by atoms with Crippen molar-refractivity contribution in [3.8, 4) is 17.0 Å². The topological polar surface area (TPSA) is 74.4 Å². The molecule has 2 atom stereocenters. The van der Waals surface area contributed by atoms with Gasteiger partial charge in [0.15, 0.2) is 0 Å². The van der Waals surface area contributed by atoms with Crippen molar-refractivity contribution in [2.75, 3.05) is 6.61 Å². The number of rotatable bonds is 5. The normalized spacial score (nSPS) is 18.9. The van der Waals surface area contributed by atoms with Gasteiger partial charge in [0.2, 0.25) is 5.88 Å². The molecule has 2 heterocycles. The van der Waals surface area contributed by atoms with Crippen LogP contribution in [0.1, 0.15) is 28.5 Å². The highest BCUT2D eigenvalue weighted by Gasteiger charge is 2.32. The number of carbonyl (C=O) groups is 1. The van der Waals surface area contributed by atoms with Gasteiger partial charge < -0.3 is 15.2 Å². The molecule has 0 aliphatic carbocycles. The van der Waals surface area contributed by atoms with E-state index < -0.39 is 24.4 Å². The summed E-state index contributed by atoms with van der Waals surface area (Å²) in [6, 6.07) is 6.18. The largest absolute Gasteiger partial charge is 0.471 e. The lowest BCUT2D eigenvalue weighted by Crippen LogP contribution is -2.36. The van der Waals surface area contributed by atoms with Crippen molar-refractivity contribution >= 4 is 5.91 Å². The summed E-state index contributed by atoms with van der Waals surface area (Å²) >= 11 is 0. The maximum atomic E-state index is 14.5. The van der Waals surface area contributed by atoms with Gasteiger partial charge in [-0.3, -0.25) is 4.79 Å². The number of hydrogen-bond acceptors (Lipinski definition) is 4. The second kappa shape index (κ2) is 7.56. The van der Waals surface area contributed by atoms with E-state index >= 15 is 0 Å². The fraction of sp³-hybridized carbons (Fsp3) is 0.368. The van der Waals surface area contributed by atoms with Crippen molar-refractivity contribution in [1.82, 2.24) is 4.98 Å². The highest BCUT2D eigenvalue weighted by Crippen LogP contribution is 2.38. The van der Waals surface area contributed by atoms with E-state index in [0.29, 0.717) is 23.1 Å². The number of halogens is 3. The average molecular weight is 380 g/mol. The number of pyridine rings is 1. The van der Waals surface area contributed by atoms with Crippen LogP contribution in [0.25, 0.3) is 11.1 Å². The highest BCUT2D eigenvalue weighted by atomic mass is 19.3.